The van der Waals surface area contributed by atoms with Crippen molar-refractivity contribution in [2.45, 2.75) is 32.7 Å². The first kappa shape index (κ1) is 11.5. The third-order valence-corrected chi connectivity index (χ3v) is 3.25. The Hall–Kier alpha value is -0.540. The van der Waals surface area contributed by atoms with Gasteiger partial charge in [0.1, 0.15) is 5.75 Å². The Morgan fingerprint density at radius 2 is 2.29 bits per heavy atom. The van der Waals surface area contributed by atoms with Crippen molar-refractivity contribution in [3.8, 4) is 5.75 Å². The lowest BCUT2D eigenvalue weighted by Gasteiger charge is -2.14. The topological polar surface area (TPSA) is 21.3 Å². The van der Waals surface area contributed by atoms with Crippen molar-refractivity contribution in [3.63, 3.8) is 0 Å². The van der Waals surface area contributed by atoms with Gasteiger partial charge in [0.2, 0.25) is 0 Å². The first-order chi connectivity index (χ1) is 6.81. The molecule has 0 bridgehead atoms. The van der Waals surface area contributed by atoms with E-state index in [0.717, 1.165) is 18.7 Å². The Labute approximate surface area is 90.3 Å². The molecule has 1 unspecified atom stereocenters. The first-order valence-electron chi connectivity index (χ1n) is 5.17. The van der Waals surface area contributed by atoms with Crippen LogP contribution in [0.25, 0.3) is 0 Å². The van der Waals surface area contributed by atoms with E-state index in [1.165, 1.54) is 11.3 Å². The second-order valence-corrected chi connectivity index (χ2v) is 4.25. The summed E-state index contributed by atoms with van der Waals surface area (Å²) in [5.74, 6) is 0.974. The number of methoxy groups -OCH3 is 1. The van der Waals surface area contributed by atoms with Gasteiger partial charge >= 0.3 is 0 Å². The average Bonchev–Trinajstić information content (AvgIpc) is 2.68. The molecule has 0 aromatic carbocycles. The minimum absolute atomic E-state index is 0.490. The molecule has 0 aliphatic carbocycles. The number of hydrogen-bond acceptors (Lipinski definition) is 3. The van der Waals surface area contributed by atoms with Crippen molar-refractivity contribution in [2.24, 2.45) is 0 Å². The van der Waals surface area contributed by atoms with Crippen molar-refractivity contribution in [1.29, 1.82) is 0 Å². The predicted molar refractivity (Wildman–Crippen MR) is 62.2 cm³/mol. The molecule has 1 atom stereocenters. The van der Waals surface area contributed by atoms with Crippen molar-refractivity contribution in [3.05, 3.63) is 16.3 Å². The van der Waals surface area contributed by atoms with Crippen molar-refractivity contribution < 1.29 is 4.74 Å². The lowest BCUT2D eigenvalue weighted by Crippen LogP contribution is -2.20. The van der Waals surface area contributed by atoms with E-state index in [9.17, 15) is 0 Å². The van der Waals surface area contributed by atoms with Gasteiger partial charge in [0, 0.05) is 16.3 Å². The first-order valence-corrected chi connectivity index (χ1v) is 6.05. The third kappa shape index (κ3) is 3.00. The molecule has 1 rings (SSSR count). The Balaban J connectivity index is 2.58. The molecule has 0 spiro atoms. The molecule has 2 nitrogen and oxygen atoms in total. The molecule has 1 heterocycles. The summed E-state index contributed by atoms with van der Waals surface area (Å²) in [5.41, 5.74) is 0. The van der Waals surface area contributed by atoms with E-state index in [2.05, 4.69) is 30.6 Å². The Morgan fingerprint density at radius 3 is 2.79 bits per heavy atom. The standard InChI is InChI=1S/C11H19NOS/c1-4-6-12-10(5-2)11-7-9(13-3)8-14-11/h7-8,10,12H,4-6H2,1-3H3. The van der Waals surface area contributed by atoms with E-state index >= 15 is 0 Å². The highest BCUT2D eigenvalue weighted by molar-refractivity contribution is 7.10. The van der Waals surface area contributed by atoms with Gasteiger partial charge in [0.05, 0.1) is 7.11 Å². The fourth-order valence-electron chi connectivity index (χ4n) is 1.39. The zero-order valence-corrected chi connectivity index (χ0v) is 9.99. The molecule has 14 heavy (non-hydrogen) atoms. The van der Waals surface area contributed by atoms with Crippen LogP contribution in [0.5, 0.6) is 5.75 Å². The van der Waals surface area contributed by atoms with E-state index in [-0.39, 0.29) is 0 Å². The van der Waals surface area contributed by atoms with Gasteiger partial charge in [-0.3, -0.25) is 0 Å². The molecule has 0 amide bonds. The van der Waals surface area contributed by atoms with Crippen LogP contribution in [0.4, 0.5) is 0 Å². The van der Waals surface area contributed by atoms with Gasteiger partial charge in [-0.2, -0.15) is 0 Å². The Kier molecular flexibility index (Phi) is 4.98. The number of hydrogen-bond donors (Lipinski definition) is 1. The highest BCUT2D eigenvalue weighted by Crippen LogP contribution is 2.28. The van der Waals surface area contributed by atoms with Gasteiger partial charge in [-0.05, 0) is 25.5 Å². The van der Waals surface area contributed by atoms with Gasteiger partial charge in [-0.15, -0.1) is 11.3 Å². The number of nitrogens with one attached hydrogen (secondary N) is 1. The van der Waals surface area contributed by atoms with Crippen LogP contribution in [0.15, 0.2) is 11.4 Å². The molecule has 1 aromatic heterocycles. The normalized spacial score (nSPS) is 12.8. The summed E-state index contributed by atoms with van der Waals surface area (Å²) in [6.45, 7) is 5.48. The maximum Gasteiger partial charge on any atom is 0.129 e. The van der Waals surface area contributed by atoms with Gasteiger partial charge in [-0.1, -0.05) is 13.8 Å². The zero-order valence-electron chi connectivity index (χ0n) is 9.17. The number of ether oxygens (including phenoxy) is 1. The highest BCUT2D eigenvalue weighted by Gasteiger charge is 2.10. The average molecular weight is 213 g/mol. The number of rotatable bonds is 6. The quantitative estimate of drug-likeness (QED) is 0.783. The largest absolute Gasteiger partial charge is 0.496 e. The lowest BCUT2D eigenvalue weighted by atomic mass is 10.2. The van der Waals surface area contributed by atoms with E-state index in [1.807, 2.05) is 0 Å². The van der Waals surface area contributed by atoms with Crippen LogP contribution in [0.3, 0.4) is 0 Å². The summed E-state index contributed by atoms with van der Waals surface area (Å²) in [7, 11) is 1.71. The van der Waals surface area contributed by atoms with Crippen LogP contribution < -0.4 is 10.1 Å². The molecular formula is C11H19NOS. The van der Waals surface area contributed by atoms with Crippen LogP contribution in [0, 0.1) is 0 Å². The van der Waals surface area contributed by atoms with Crippen molar-refractivity contribution >= 4 is 11.3 Å². The van der Waals surface area contributed by atoms with Crippen LogP contribution >= 0.6 is 11.3 Å². The SMILES string of the molecule is CCCNC(CC)c1cc(OC)cs1. The van der Waals surface area contributed by atoms with E-state index < -0.39 is 0 Å². The van der Waals surface area contributed by atoms with Crippen LogP contribution in [0.2, 0.25) is 0 Å². The highest BCUT2D eigenvalue weighted by atomic mass is 32.1. The van der Waals surface area contributed by atoms with Crippen molar-refractivity contribution in [2.75, 3.05) is 13.7 Å². The lowest BCUT2D eigenvalue weighted by molar-refractivity contribution is 0.415. The number of thiophene rings is 1. The second kappa shape index (κ2) is 6.04. The van der Waals surface area contributed by atoms with Crippen LogP contribution in [0.1, 0.15) is 37.6 Å². The van der Waals surface area contributed by atoms with Gasteiger partial charge in [-0.25, -0.2) is 0 Å². The summed E-state index contributed by atoms with van der Waals surface area (Å²) in [6, 6.07) is 2.62. The molecule has 1 N–H and O–H groups in total. The molecule has 0 saturated carbocycles. The summed E-state index contributed by atoms with van der Waals surface area (Å²) in [4.78, 5) is 1.37. The zero-order chi connectivity index (χ0) is 10.4. The maximum absolute atomic E-state index is 5.18. The summed E-state index contributed by atoms with van der Waals surface area (Å²) in [6.07, 6.45) is 2.31. The summed E-state index contributed by atoms with van der Waals surface area (Å²) in [5, 5.41) is 5.59. The Morgan fingerprint density at radius 1 is 1.50 bits per heavy atom. The monoisotopic (exact) mass is 213 g/mol. The van der Waals surface area contributed by atoms with Gasteiger partial charge in [0.25, 0.3) is 0 Å². The molecule has 3 heteroatoms. The third-order valence-electron chi connectivity index (χ3n) is 2.22. The second-order valence-electron chi connectivity index (χ2n) is 3.30. The summed E-state index contributed by atoms with van der Waals surface area (Å²) < 4.78 is 5.18. The predicted octanol–water partition coefficient (Wildman–Crippen LogP) is 3.21. The molecule has 1 aromatic rings. The van der Waals surface area contributed by atoms with Crippen LogP contribution in [-0.4, -0.2) is 13.7 Å². The molecule has 80 valence electrons. The minimum atomic E-state index is 0.490. The van der Waals surface area contributed by atoms with E-state index in [0.29, 0.717) is 6.04 Å². The molecule has 0 saturated heterocycles. The van der Waals surface area contributed by atoms with Crippen molar-refractivity contribution in [1.82, 2.24) is 5.32 Å². The van der Waals surface area contributed by atoms with E-state index in [1.54, 1.807) is 18.4 Å². The van der Waals surface area contributed by atoms with Gasteiger partial charge in [0.15, 0.2) is 0 Å². The fourth-order valence-corrected chi connectivity index (χ4v) is 2.40. The smallest absolute Gasteiger partial charge is 0.129 e. The minimum Gasteiger partial charge on any atom is -0.496 e. The fraction of sp³-hybridized carbons (Fsp3) is 0.636. The Bertz CT molecular complexity index is 260. The molecule has 0 radical (unpaired) electrons. The van der Waals surface area contributed by atoms with E-state index in [4.69, 9.17) is 4.74 Å². The van der Waals surface area contributed by atoms with Crippen LogP contribution in [-0.2, 0) is 0 Å². The molecule has 0 aliphatic rings. The summed E-state index contributed by atoms with van der Waals surface area (Å²) >= 11 is 1.77. The molecular weight excluding hydrogens is 194 g/mol. The van der Waals surface area contributed by atoms with Gasteiger partial charge < -0.3 is 10.1 Å². The molecule has 0 fully saturated rings. The molecule has 0 aliphatic heterocycles. The maximum atomic E-state index is 5.18.